The maximum Gasteiger partial charge on any atom is 0.242 e. The summed E-state index contributed by atoms with van der Waals surface area (Å²) in [5.41, 5.74) is 8.11. The first-order valence-electron chi connectivity index (χ1n) is 10.1. The maximum atomic E-state index is 12.2. The fourth-order valence-electron chi connectivity index (χ4n) is 3.00. The summed E-state index contributed by atoms with van der Waals surface area (Å²) in [6, 6.07) is 15.5. The molecule has 0 bridgehead atoms. The normalized spacial score (nSPS) is 11.9. The second-order valence-electron chi connectivity index (χ2n) is 7.29. The molecule has 0 aliphatic heterocycles. The Labute approximate surface area is 190 Å². The Bertz CT molecular complexity index is 772. The number of phenolic OH excluding ortho intramolecular Hbond substituents is 1. The van der Waals surface area contributed by atoms with E-state index in [9.17, 15) is 14.7 Å². The van der Waals surface area contributed by atoms with Crippen LogP contribution in [0, 0.1) is 0 Å². The van der Waals surface area contributed by atoms with Gasteiger partial charge in [-0.1, -0.05) is 48.9 Å². The molecular formula is C23H34ClN3O4. The Morgan fingerprint density at radius 2 is 1.58 bits per heavy atom. The second-order valence-corrected chi connectivity index (χ2v) is 7.29. The molecule has 0 unspecified atom stereocenters. The second kappa shape index (κ2) is 15.2. The van der Waals surface area contributed by atoms with Gasteiger partial charge in [0, 0.05) is 6.54 Å². The van der Waals surface area contributed by atoms with Gasteiger partial charge in [-0.2, -0.15) is 0 Å². The molecule has 0 aliphatic carbocycles. The fourth-order valence-corrected chi connectivity index (χ4v) is 3.00. The lowest BCUT2D eigenvalue weighted by Crippen LogP contribution is -2.50. The predicted molar refractivity (Wildman–Crippen MR) is 125 cm³/mol. The number of aryl methyl sites for hydroxylation is 1. The van der Waals surface area contributed by atoms with Gasteiger partial charge in [-0.15, -0.1) is 12.4 Å². The zero-order valence-corrected chi connectivity index (χ0v) is 18.7. The third-order valence-electron chi connectivity index (χ3n) is 4.77. The van der Waals surface area contributed by atoms with Crippen LogP contribution >= 0.6 is 12.4 Å². The SMILES string of the molecule is C[C@@H](NC(=O)[C@@H](N)Cc1ccc(O)cc1)C(=O)NCCCCCc1ccccc1.Cl.O. The Morgan fingerprint density at radius 1 is 0.935 bits per heavy atom. The average molecular weight is 452 g/mol. The molecule has 0 aliphatic rings. The highest BCUT2D eigenvalue weighted by Crippen LogP contribution is 2.11. The number of nitrogens with one attached hydrogen (secondary N) is 2. The van der Waals surface area contributed by atoms with Gasteiger partial charge in [-0.25, -0.2) is 0 Å². The lowest BCUT2D eigenvalue weighted by atomic mass is 10.1. The predicted octanol–water partition coefficient (Wildman–Crippen LogP) is 1.89. The van der Waals surface area contributed by atoms with Gasteiger partial charge in [0.05, 0.1) is 6.04 Å². The number of benzene rings is 2. The van der Waals surface area contributed by atoms with E-state index in [-0.39, 0.29) is 35.4 Å². The molecule has 2 atom stereocenters. The van der Waals surface area contributed by atoms with Gasteiger partial charge in [0.2, 0.25) is 11.8 Å². The topological polar surface area (TPSA) is 136 Å². The van der Waals surface area contributed by atoms with Crippen molar-refractivity contribution in [2.75, 3.05) is 6.54 Å². The molecule has 0 aromatic heterocycles. The number of amides is 2. The number of nitrogens with two attached hydrogens (primary N) is 1. The summed E-state index contributed by atoms with van der Waals surface area (Å²) in [5.74, 6) is -0.418. The first kappa shape index (κ1) is 28.4. The number of carbonyl (C=O) groups excluding carboxylic acids is 2. The molecule has 172 valence electrons. The summed E-state index contributed by atoms with van der Waals surface area (Å²) in [7, 11) is 0. The number of hydrogen-bond acceptors (Lipinski definition) is 4. The van der Waals surface area contributed by atoms with Crippen LogP contribution in [-0.4, -0.2) is 41.0 Å². The molecule has 2 aromatic rings. The largest absolute Gasteiger partial charge is 0.508 e. The molecule has 2 aromatic carbocycles. The number of unbranched alkanes of at least 4 members (excludes halogenated alkanes) is 2. The highest BCUT2D eigenvalue weighted by molar-refractivity contribution is 5.89. The summed E-state index contributed by atoms with van der Waals surface area (Å²) in [5, 5.41) is 14.8. The van der Waals surface area contributed by atoms with Crippen LogP contribution in [0.2, 0.25) is 0 Å². The van der Waals surface area contributed by atoms with Gasteiger partial charge in [-0.05, 0) is 55.9 Å². The standard InChI is InChI=1S/C23H31N3O3.ClH.H2O/c1-17(26-23(29)21(24)16-19-11-13-20(27)14-12-19)22(28)25-15-7-3-6-10-18-8-4-2-5-9-18;;/h2,4-5,8-9,11-14,17,21,27H,3,6-7,10,15-16,24H2,1H3,(H,25,28)(H,26,29);1H;1H2/t17-,21+;;/m1../s1. The van der Waals surface area contributed by atoms with Crippen molar-refractivity contribution < 1.29 is 20.2 Å². The number of carbonyl (C=O) groups is 2. The molecule has 0 saturated carbocycles. The summed E-state index contributed by atoms with van der Waals surface area (Å²) >= 11 is 0. The van der Waals surface area contributed by atoms with Crippen molar-refractivity contribution in [2.45, 2.75) is 51.1 Å². The quantitative estimate of drug-likeness (QED) is 0.388. The van der Waals surface area contributed by atoms with Gasteiger partial charge >= 0.3 is 0 Å². The Morgan fingerprint density at radius 3 is 2.23 bits per heavy atom. The minimum Gasteiger partial charge on any atom is -0.508 e. The summed E-state index contributed by atoms with van der Waals surface area (Å²) in [6.07, 6.45) is 4.40. The molecular weight excluding hydrogens is 418 g/mol. The number of phenols is 1. The maximum absolute atomic E-state index is 12.2. The van der Waals surface area contributed by atoms with Crippen molar-refractivity contribution in [3.05, 3.63) is 65.7 Å². The van der Waals surface area contributed by atoms with E-state index in [4.69, 9.17) is 5.73 Å². The average Bonchev–Trinajstić information content (AvgIpc) is 2.72. The van der Waals surface area contributed by atoms with Gasteiger partial charge in [0.25, 0.3) is 0 Å². The van der Waals surface area contributed by atoms with Gasteiger partial charge in [0.15, 0.2) is 0 Å². The summed E-state index contributed by atoms with van der Waals surface area (Å²) in [6.45, 7) is 2.24. The lowest BCUT2D eigenvalue weighted by molar-refractivity contribution is -0.129. The third kappa shape index (κ3) is 10.8. The Kier molecular flexibility index (Phi) is 13.9. The van der Waals surface area contributed by atoms with Crippen molar-refractivity contribution in [1.82, 2.24) is 10.6 Å². The number of aromatic hydroxyl groups is 1. The van der Waals surface area contributed by atoms with Crippen LogP contribution < -0.4 is 16.4 Å². The zero-order valence-electron chi connectivity index (χ0n) is 17.8. The van der Waals surface area contributed by atoms with Crippen molar-refractivity contribution in [1.29, 1.82) is 0 Å². The summed E-state index contributed by atoms with van der Waals surface area (Å²) in [4.78, 5) is 24.4. The van der Waals surface area contributed by atoms with Crippen LogP contribution in [0.25, 0.3) is 0 Å². The lowest BCUT2D eigenvalue weighted by Gasteiger charge is -2.17. The number of halogens is 1. The third-order valence-corrected chi connectivity index (χ3v) is 4.77. The van der Waals surface area contributed by atoms with E-state index in [2.05, 4.69) is 22.8 Å². The molecule has 0 heterocycles. The van der Waals surface area contributed by atoms with Crippen LogP contribution in [-0.2, 0) is 22.4 Å². The monoisotopic (exact) mass is 451 g/mol. The van der Waals surface area contributed by atoms with Gasteiger partial charge in [-0.3, -0.25) is 9.59 Å². The van der Waals surface area contributed by atoms with E-state index in [1.807, 2.05) is 18.2 Å². The minimum absolute atomic E-state index is 0. The van der Waals surface area contributed by atoms with Gasteiger partial charge in [0.1, 0.15) is 11.8 Å². The minimum atomic E-state index is -0.757. The van der Waals surface area contributed by atoms with Crippen molar-refractivity contribution in [2.24, 2.45) is 5.73 Å². The smallest absolute Gasteiger partial charge is 0.242 e. The molecule has 0 radical (unpaired) electrons. The molecule has 2 rings (SSSR count). The Hall–Kier alpha value is -2.61. The van der Waals surface area contributed by atoms with E-state index >= 15 is 0 Å². The zero-order chi connectivity index (χ0) is 21.1. The molecule has 7 N–H and O–H groups in total. The van der Waals surface area contributed by atoms with E-state index in [1.165, 1.54) is 5.56 Å². The van der Waals surface area contributed by atoms with Crippen LogP contribution in [0.3, 0.4) is 0 Å². The molecule has 8 heteroatoms. The molecule has 0 fully saturated rings. The van der Waals surface area contributed by atoms with E-state index in [0.29, 0.717) is 13.0 Å². The van der Waals surface area contributed by atoms with Gasteiger partial charge < -0.3 is 26.9 Å². The first-order chi connectivity index (χ1) is 14.0. The molecule has 2 amide bonds. The number of rotatable bonds is 11. The molecule has 0 saturated heterocycles. The Balaban J connectivity index is 0.00000450. The van der Waals surface area contributed by atoms with E-state index in [0.717, 1.165) is 31.2 Å². The van der Waals surface area contributed by atoms with Crippen molar-refractivity contribution >= 4 is 24.2 Å². The van der Waals surface area contributed by atoms with Crippen LogP contribution in [0.5, 0.6) is 5.75 Å². The molecule has 7 nitrogen and oxygen atoms in total. The molecule has 31 heavy (non-hydrogen) atoms. The highest BCUT2D eigenvalue weighted by Gasteiger charge is 2.20. The highest BCUT2D eigenvalue weighted by atomic mass is 35.5. The van der Waals surface area contributed by atoms with Crippen molar-refractivity contribution in [3.63, 3.8) is 0 Å². The van der Waals surface area contributed by atoms with E-state index < -0.39 is 12.1 Å². The van der Waals surface area contributed by atoms with E-state index in [1.54, 1.807) is 31.2 Å². The summed E-state index contributed by atoms with van der Waals surface area (Å²) < 4.78 is 0. The van der Waals surface area contributed by atoms with Crippen LogP contribution in [0.1, 0.15) is 37.3 Å². The molecule has 0 spiro atoms. The first-order valence-corrected chi connectivity index (χ1v) is 10.1. The van der Waals surface area contributed by atoms with Crippen LogP contribution in [0.15, 0.2) is 54.6 Å². The fraction of sp³-hybridized carbons (Fsp3) is 0.391. The number of hydrogen-bond donors (Lipinski definition) is 4. The van der Waals surface area contributed by atoms with Crippen molar-refractivity contribution in [3.8, 4) is 5.75 Å². The van der Waals surface area contributed by atoms with Crippen LogP contribution in [0.4, 0.5) is 0 Å².